The van der Waals surface area contributed by atoms with E-state index in [1.807, 2.05) is 13.8 Å². The minimum absolute atomic E-state index is 0.0169. The van der Waals surface area contributed by atoms with Crippen molar-refractivity contribution in [1.29, 1.82) is 0 Å². The monoisotopic (exact) mass is 414 g/mol. The minimum atomic E-state index is -3.85. The van der Waals surface area contributed by atoms with Crippen molar-refractivity contribution in [3.05, 3.63) is 59.2 Å². The lowest BCUT2D eigenvalue weighted by molar-refractivity contribution is 0.102. The highest BCUT2D eigenvalue weighted by molar-refractivity contribution is 7.92. The number of rotatable bonds is 6. The van der Waals surface area contributed by atoms with Crippen molar-refractivity contribution in [2.75, 3.05) is 10.0 Å². The molecule has 2 N–H and O–H groups in total. The predicted octanol–water partition coefficient (Wildman–Crippen LogP) is 2.67. The van der Waals surface area contributed by atoms with Gasteiger partial charge in [0.1, 0.15) is 0 Å². The average Bonchev–Trinajstić information content (AvgIpc) is 3.01. The number of nitrogens with zero attached hydrogens (tertiary/aromatic N) is 4. The largest absolute Gasteiger partial charge is 0.322 e. The number of carbonyl (C=O) groups is 1. The van der Waals surface area contributed by atoms with E-state index in [1.54, 1.807) is 24.6 Å². The van der Waals surface area contributed by atoms with Gasteiger partial charge in [-0.05, 0) is 58.0 Å². The molecule has 0 aliphatic carbocycles. The first-order chi connectivity index (χ1) is 13.7. The van der Waals surface area contributed by atoms with Crippen LogP contribution in [0, 0.1) is 20.8 Å². The van der Waals surface area contributed by atoms with Crippen molar-refractivity contribution < 1.29 is 13.2 Å². The van der Waals surface area contributed by atoms with Crippen molar-refractivity contribution in [2.45, 2.75) is 39.1 Å². The van der Waals surface area contributed by atoms with Crippen molar-refractivity contribution in [3.63, 3.8) is 0 Å². The van der Waals surface area contributed by atoms with E-state index in [0.717, 1.165) is 5.69 Å². The van der Waals surface area contributed by atoms with E-state index in [1.165, 1.54) is 30.5 Å². The van der Waals surface area contributed by atoms with E-state index in [4.69, 9.17) is 0 Å². The molecule has 29 heavy (non-hydrogen) atoms. The smallest absolute Gasteiger partial charge is 0.264 e. The molecule has 0 fully saturated rings. The first-order valence-electron chi connectivity index (χ1n) is 8.98. The van der Waals surface area contributed by atoms with Gasteiger partial charge in [0, 0.05) is 29.3 Å². The second kappa shape index (κ2) is 8.00. The number of anilines is 2. The second-order valence-electron chi connectivity index (χ2n) is 6.52. The van der Waals surface area contributed by atoms with Gasteiger partial charge in [-0.25, -0.2) is 23.1 Å². The zero-order chi connectivity index (χ0) is 21.2. The Labute approximate surface area is 169 Å². The van der Waals surface area contributed by atoms with Crippen molar-refractivity contribution in [3.8, 4) is 0 Å². The summed E-state index contributed by atoms with van der Waals surface area (Å²) >= 11 is 0. The number of aromatic nitrogens is 4. The van der Waals surface area contributed by atoms with E-state index in [0.29, 0.717) is 29.2 Å². The fourth-order valence-corrected chi connectivity index (χ4v) is 3.80. The van der Waals surface area contributed by atoms with Crippen LogP contribution in [0.4, 0.5) is 11.6 Å². The van der Waals surface area contributed by atoms with E-state index in [2.05, 4.69) is 25.1 Å². The second-order valence-corrected chi connectivity index (χ2v) is 8.20. The van der Waals surface area contributed by atoms with Crippen LogP contribution in [0.3, 0.4) is 0 Å². The molecule has 10 heteroatoms. The summed E-state index contributed by atoms with van der Waals surface area (Å²) in [6, 6.07) is 7.61. The molecule has 3 aromatic rings. The molecule has 9 nitrogen and oxygen atoms in total. The van der Waals surface area contributed by atoms with Crippen LogP contribution in [0.25, 0.3) is 0 Å². The van der Waals surface area contributed by atoms with Crippen molar-refractivity contribution >= 4 is 27.6 Å². The van der Waals surface area contributed by atoms with Gasteiger partial charge in [-0.3, -0.25) is 9.48 Å². The predicted molar refractivity (Wildman–Crippen MR) is 109 cm³/mol. The van der Waals surface area contributed by atoms with Gasteiger partial charge >= 0.3 is 0 Å². The molecule has 0 atom stereocenters. The summed E-state index contributed by atoms with van der Waals surface area (Å²) in [7, 11) is -3.85. The molecular formula is C19H22N6O3S. The third-order valence-electron chi connectivity index (χ3n) is 4.28. The number of benzene rings is 1. The molecule has 0 aliphatic rings. The number of amides is 1. The molecule has 2 aromatic heterocycles. The van der Waals surface area contributed by atoms with Gasteiger partial charge in [0.25, 0.3) is 15.9 Å². The number of carbonyl (C=O) groups excluding carboxylic acids is 1. The van der Waals surface area contributed by atoms with E-state index in [-0.39, 0.29) is 16.8 Å². The number of hydrogen-bond donors (Lipinski definition) is 2. The fraction of sp³-hybridized carbons (Fsp3) is 0.263. The number of aryl methyl sites for hydroxylation is 3. The molecule has 0 saturated carbocycles. The molecule has 2 heterocycles. The Morgan fingerprint density at radius 2 is 1.69 bits per heavy atom. The first kappa shape index (κ1) is 20.5. The lowest BCUT2D eigenvalue weighted by atomic mass is 10.2. The van der Waals surface area contributed by atoms with Crippen LogP contribution in [0.5, 0.6) is 0 Å². The Balaban J connectivity index is 1.75. The summed E-state index contributed by atoms with van der Waals surface area (Å²) < 4.78 is 29.2. The average molecular weight is 414 g/mol. The zero-order valence-electron chi connectivity index (χ0n) is 16.6. The molecular weight excluding hydrogens is 392 g/mol. The molecule has 0 saturated heterocycles. The standard InChI is InChI=1S/C19H22N6O3S/c1-5-25-14(4)17(11-20-25)18(26)23-15-6-8-16(9-7-15)29(27,28)24-19-21-12(2)10-13(3)22-19/h6-11H,5H2,1-4H3,(H,23,26)(H,21,22,24). The summed E-state index contributed by atoms with van der Waals surface area (Å²) in [5.41, 5.74) is 3.03. The molecule has 0 aliphatic heterocycles. The van der Waals surface area contributed by atoms with Gasteiger partial charge in [0.2, 0.25) is 5.95 Å². The molecule has 0 unspecified atom stereocenters. The molecule has 1 aromatic carbocycles. The summed E-state index contributed by atoms with van der Waals surface area (Å²) in [4.78, 5) is 20.6. The molecule has 0 radical (unpaired) electrons. The van der Waals surface area contributed by atoms with Crippen LogP contribution in [0.2, 0.25) is 0 Å². The summed E-state index contributed by atoms with van der Waals surface area (Å²) in [6.07, 6.45) is 1.51. The maximum atomic E-state index is 12.6. The van der Waals surface area contributed by atoms with Crippen LogP contribution in [-0.4, -0.2) is 34.1 Å². The fourth-order valence-electron chi connectivity index (χ4n) is 2.85. The number of sulfonamides is 1. The summed E-state index contributed by atoms with van der Waals surface area (Å²) in [5.74, 6) is -0.289. The summed E-state index contributed by atoms with van der Waals surface area (Å²) in [6.45, 7) is 7.95. The van der Waals surface area contributed by atoms with Crippen molar-refractivity contribution in [2.24, 2.45) is 0 Å². The van der Waals surface area contributed by atoms with E-state index >= 15 is 0 Å². The Hall–Kier alpha value is -3.27. The van der Waals surface area contributed by atoms with E-state index in [9.17, 15) is 13.2 Å². The van der Waals surface area contributed by atoms with Crippen LogP contribution < -0.4 is 10.0 Å². The summed E-state index contributed by atoms with van der Waals surface area (Å²) in [5, 5.41) is 6.90. The highest BCUT2D eigenvalue weighted by Gasteiger charge is 2.17. The van der Waals surface area contributed by atoms with Crippen molar-refractivity contribution in [1.82, 2.24) is 19.7 Å². The number of hydrogen-bond acceptors (Lipinski definition) is 6. The zero-order valence-corrected chi connectivity index (χ0v) is 17.4. The Kier molecular flexibility index (Phi) is 5.64. The third-order valence-corrected chi connectivity index (χ3v) is 5.62. The van der Waals surface area contributed by atoms with Gasteiger partial charge in [0.05, 0.1) is 16.7 Å². The molecule has 0 bridgehead atoms. The van der Waals surface area contributed by atoms with Crippen LogP contribution in [-0.2, 0) is 16.6 Å². The highest BCUT2D eigenvalue weighted by atomic mass is 32.2. The van der Waals surface area contributed by atoms with Crippen LogP contribution >= 0.6 is 0 Å². The minimum Gasteiger partial charge on any atom is -0.322 e. The Bertz CT molecular complexity index is 1130. The topological polar surface area (TPSA) is 119 Å². The van der Waals surface area contributed by atoms with E-state index < -0.39 is 10.0 Å². The molecule has 0 spiro atoms. The van der Waals surface area contributed by atoms with Gasteiger partial charge in [0.15, 0.2) is 0 Å². The first-order valence-corrected chi connectivity index (χ1v) is 10.5. The van der Waals surface area contributed by atoms with Gasteiger partial charge in [-0.1, -0.05) is 0 Å². The van der Waals surface area contributed by atoms with Gasteiger partial charge < -0.3 is 5.32 Å². The highest BCUT2D eigenvalue weighted by Crippen LogP contribution is 2.18. The maximum Gasteiger partial charge on any atom is 0.264 e. The lowest BCUT2D eigenvalue weighted by Crippen LogP contribution is -2.16. The molecule has 152 valence electrons. The van der Waals surface area contributed by atoms with Gasteiger partial charge in [-0.2, -0.15) is 5.10 Å². The third kappa shape index (κ3) is 4.60. The molecule has 3 rings (SSSR count). The van der Waals surface area contributed by atoms with Crippen LogP contribution in [0.15, 0.2) is 41.4 Å². The molecule has 1 amide bonds. The van der Waals surface area contributed by atoms with Crippen LogP contribution in [0.1, 0.15) is 34.4 Å². The normalized spacial score (nSPS) is 11.3. The SMILES string of the molecule is CCn1ncc(C(=O)Nc2ccc(S(=O)(=O)Nc3nc(C)cc(C)n3)cc2)c1C. The Morgan fingerprint density at radius 3 is 2.24 bits per heavy atom. The lowest BCUT2D eigenvalue weighted by Gasteiger charge is -2.09. The number of nitrogens with one attached hydrogen (secondary N) is 2. The quantitative estimate of drug-likeness (QED) is 0.640. The Morgan fingerprint density at radius 1 is 1.07 bits per heavy atom. The maximum absolute atomic E-state index is 12.6. The van der Waals surface area contributed by atoms with Gasteiger partial charge in [-0.15, -0.1) is 0 Å².